The number of carbonyl (C=O) groups excluding carboxylic acids is 2. The fourth-order valence-electron chi connectivity index (χ4n) is 2.09. The van der Waals surface area contributed by atoms with Crippen LogP contribution in [0.1, 0.15) is 15.9 Å². The zero-order valence-corrected chi connectivity index (χ0v) is 13.5. The summed E-state index contributed by atoms with van der Waals surface area (Å²) in [5.74, 6) is -0.221. The van der Waals surface area contributed by atoms with Crippen molar-refractivity contribution in [1.82, 2.24) is 25.1 Å². The molecule has 1 aromatic carbocycles. The van der Waals surface area contributed by atoms with Crippen molar-refractivity contribution in [3.63, 3.8) is 0 Å². The Hall–Kier alpha value is -4.06. The lowest BCUT2D eigenvalue weighted by molar-refractivity contribution is -0.115. The Morgan fingerprint density at radius 3 is 2.58 bits per heavy atom. The molecule has 0 aliphatic carbocycles. The maximum Gasteiger partial charge on any atom is 0.251 e. The van der Waals surface area contributed by atoms with E-state index in [4.69, 9.17) is 5.26 Å². The summed E-state index contributed by atoms with van der Waals surface area (Å²) >= 11 is 0. The third-order valence-electron chi connectivity index (χ3n) is 3.37. The van der Waals surface area contributed by atoms with E-state index in [1.54, 1.807) is 12.1 Å². The third kappa shape index (κ3) is 4.07. The topological polar surface area (TPSA) is 126 Å². The van der Waals surface area contributed by atoms with Gasteiger partial charge in [0.1, 0.15) is 12.7 Å². The van der Waals surface area contributed by atoms with E-state index in [2.05, 4.69) is 25.7 Å². The van der Waals surface area contributed by atoms with Crippen LogP contribution in [0, 0.1) is 11.3 Å². The van der Waals surface area contributed by atoms with Crippen LogP contribution in [0.15, 0.2) is 55.2 Å². The summed E-state index contributed by atoms with van der Waals surface area (Å²) in [6, 6.07) is 11.5. The molecule has 2 aromatic heterocycles. The predicted molar refractivity (Wildman–Crippen MR) is 91.3 cm³/mol. The quantitative estimate of drug-likeness (QED) is 0.706. The molecule has 0 unspecified atom stereocenters. The molecule has 0 saturated heterocycles. The highest BCUT2D eigenvalue weighted by Crippen LogP contribution is 2.08. The van der Waals surface area contributed by atoms with E-state index in [9.17, 15) is 9.59 Å². The molecule has 26 heavy (non-hydrogen) atoms. The van der Waals surface area contributed by atoms with Gasteiger partial charge in [0.15, 0.2) is 5.82 Å². The molecule has 3 aromatic rings. The first-order chi connectivity index (χ1) is 12.7. The van der Waals surface area contributed by atoms with Crippen molar-refractivity contribution in [2.24, 2.45) is 0 Å². The highest BCUT2D eigenvalue weighted by Gasteiger charge is 2.09. The van der Waals surface area contributed by atoms with Crippen molar-refractivity contribution >= 4 is 17.5 Å². The SMILES string of the molecule is N#Cc1ccc(C(=O)NCC(=O)Nc2ccc(-n3cncn3)nc2)cc1. The number of pyridine rings is 1. The molecule has 0 bridgehead atoms. The minimum absolute atomic E-state index is 0.191. The van der Waals surface area contributed by atoms with Gasteiger partial charge in [-0.1, -0.05) is 0 Å². The van der Waals surface area contributed by atoms with Crippen molar-refractivity contribution in [3.05, 3.63) is 66.4 Å². The molecule has 9 heteroatoms. The van der Waals surface area contributed by atoms with Gasteiger partial charge in [-0.15, -0.1) is 0 Å². The molecule has 0 saturated carbocycles. The molecule has 0 radical (unpaired) electrons. The Morgan fingerprint density at radius 2 is 1.96 bits per heavy atom. The number of nitriles is 1. The Kier molecular flexibility index (Phi) is 4.95. The van der Waals surface area contributed by atoms with E-state index >= 15 is 0 Å². The molecule has 0 aliphatic heterocycles. The minimum Gasteiger partial charge on any atom is -0.343 e. The van der Waals surface area contributed by atoms with E-state index in [0.29, 0.717) is 22.6 Å². The van der Waals surface area contributed by atoms with Crippen LogP contribution in [0.4, 0.5) is 5.69 Å². The van der Waals surface area contributed by atoms with E-state index in [-0.39, 0.29) is 12.5 Å². The Morgan fingerprint density at radius 1 is 1.15 bits per heavy atom. The summed E-state index contributed by atoms with van der Waals surface area (Å²) in [5, 5.41) is 17.8. The first kappa shape index (κ1) is 16.8. The van der Waals surface area contributed by atoms with Gasteiger partial charge in [-0.25, -0.2) is 14.6 Å². The lowest BCUT2D eigenvalue weighted by Crippen LogP contribution is -2.32. The fraction of sp³-hybridized carbons (Fsp3) is 0.0588. The van der Waals surface area contributed by atoms with Gasteiger partial charge in [-0.05, 0) is 36.4 Å². The van der Waals surface area contributed by atoms with Gasteiger partial charge in [0.05, 0.1) is 30.1 Å². The predicted octanol–water partition coefficient (Wildman–Crippen LogP) is 0.902. The summed E-state index contributed by atoms with van der Waals surface area (Å²) < 4.78 is 1.49. The van der Waals surface area contributed by atoms with E-state index in [1.807, 2.05) is 6.07 Å². The van der Waals surface area contributed by atoms with E-state index in [1.165, 1.54) is 47.8 Å². The monoisotopic (exact) mass is 347 g/mol. The zero-order chi connectivity index (χ0) is 18.4. The lowest BCUT2D eigenvalue weighted by Gasteiger charge is -2.07. The molecular formula is C17H13N7O2. The van der Waals surface area contributed by atoms with Crippen LogP contribution >= 0.6 is 0 Å². The standard InChI is InChI=1S/C17H13N7O2/c18-7-12-1-3-13(4-2-12)17(26)21-9-16(25)23-14-5-6-15(20-8-14)24-11-19-10-22-24/h1-6,8,10-11H,9H2,(H,21,26)(H,23,25). The summed E-state index contributed by atoms with van der Waals surface area (Å²) in [4.78, 5) is 31.9. The third-order valence-corrected chi connectivity index (χ3v) is 3.37. The molecule has 2 N–H and O–H groups in total. The molecule has 0 fully saturated rings. The smallest absolute Gasteiger partial charge is 0.251 e. The summed E-state index contributed by atoms with van der Waals surface area (Å²) in [6.07, 6.45) is 4.39. The second-order valence-corrected chi connectivity index (χ2v) is 5.17. The normalized spacial score (nSPS) is 9.96. The first-order valence-corrected chi connectivity index (χ1v) is 7.55. The maximum absolute atomic E-state index is 12.0. The summed E-state index contributed by atoms with van der Waals surface area (Å²) in [6.45, 7) is -0.191. The van der Waals surface area contributed by atoms with Gasteiger partial charge in [0.2, 0.25) is 5.91 Å². The zero-order valence-electron chi connectivity index (χ0n) is 13.5. The van der Waals surface area contributed by atoms with Crippen LogP contribution < -0.4 is 10.6 Å². The van der Waals surface area contributed by atoms with Crippen LogP contribution in [0.5, 0.6) is 0 Å². The van der Waals surface area contributed by atoms with Gasteiger partial charge in [-0.2, -0.15) is 10.4 Å². The van der Waals surface area contributed by atoms with Gasteiger partial charge in [0.25, 0.3) is 5.91 Å². The number of nitrogens with zero attached hydrogens (tertiary/aromatic N) is 5. The highest BCUT2D eigenvalue weighted by molar-refractivity contribution is 5.99. The molecule has 2 heterocycles. The van der Waals surface area contributed by atoms with Crippen molar-refractivity contribution in [1.29, 1.82) is 5.26 Å². The van der Waals surface area contributed by atoms with Crippen LogP contribution in [0.3, 0.4) is 0 Å². The largest absolute Gasteiger partial charge is 0.343 e. The highest BCUT2D eigenvalue weighted by atomic mass is 16.2. The molecule has 9 nitrogen and oxygen atoms in total. The second-order valence-electron chi connectivity index (χ2n) is 5.17. The van der Waals surface area contributed by atoms with Gasteiger partial charge in [-0.3, -0.25) is 9.59 Å². The molecule has 0 atom stereocenters. The number of amides is 2. The molecule has 0 spiro atoms. The Bertz CT molecular complexity index is 942. The van der Waals surface area contributed by atoms with E-state index < -0.39 is 5.91 Å². The number of hydrogen-bond acceptors (Lipinski definition) is 6. The Labute approximate surface area is 148 Å². The Balaban J connectivity index is 1.52. The van der Waals surface area contributed by atoms with Crippen molar-refractivity contribution in [2.75, 3.05) is 11.9 Å². The minimum atomic E-state index is -0.399. The average molecular weight is 347 g/mol. The fourth-order valence-corrected chi connectivity index (χ4v) is 2.09. The number of hydrogen-bond donors (Lipinski definition) is 2. The lowest BCUT2D eigenvalue weighted by atomic mass is 10.1. The van der Waals surface area contributed by atoms with Gasteiger partial charge in [0, 0.05) is 5.56 Å². The van der Waals surface area contributed by atoms with E-state index in [0.717, 1.165) is 0 Å². The molecular weight excluding hydrogens is 334 g/mol. The number of carbonyl (C=O) groups is 2. The molecule has 2 amide bonds. The van der Waals surface area contributed by atoms with Crippen molar-refractivity contribution < 1.29 is 9.59 Å². The maximum atomic E-state index is 12.0. The summed E-state index contributed by atoms with van der Waals surface area (Å²) in [7, 11) is 0. The number of aromatic nitrogens is 4. The van der Waals surface area contributed by atoms with Crippen LogP contribution in [0.2, 0.25) is 0 Å². The van der Waals surface area contributed by atoms with Crippen molar-refractivity contribution in [2.45, 2.75) is 0 Å². The first-order valence-electron chi connectivity index (χ1n) is 7.55. The van der Waals surface area contributed by atoms with Gasteiger partial charge < -0.3 is 10.6 Å². The number of rotatable bonds is 5. The number of benzene rings is 1. The molecule has 3 rings (SSSR count). The average Bonchev–Trinajstić information content (AvgIpc) is 3.21. The van der Waals surface area contributed by atoms with Crippen molar-refractivity contribution in [3.8, 4) is 11.9 Å². The summed E-state index contributed by atoms with van der Waals surface area (Å²) in [5.41, 5.74) is 1.32. The van der Waals surface area contributed by atoms with Gasteiger partial charge >= 0.3 is 0 Å². The van der Waals surface area contributed by atoms with Crippen LogP contribution in [0.25, 0.3) is 5.82 Å². The van der Waals surface area contributed by atoms with Crippen LogP contribution in [-0.4, -0.2) is 38.1 Å². The molecule has 128 valence electrons. The van der Waals surface area contributed by atoms with Crippen LogP contribution in [-0.2, 0) is 4.79 Å². The second kappa shape index (κ2) is 7.67. The number of nitrogens with one attached hydrogen (secondary N) is 2. The molecule has 0 aliphatic rings. The number of anilines is 1.